The highest BCUT2D eigenvalue weighted by molar-refractivity contribution is 5.73. The third kappa shape index (κ3) is 3.78. The standard InChI is InChI=1S/C13H25NO2/c1-9(2)10(3)16-13(15)11-7-5-4-6-8-12(11)14/h9-12H,4-8,14H2,1-3H3. The molecule has 16 heavy (non-hydrogen) atoms. The van der Waals surface area contributed by atoms with Gasteiger partial charge in [0.2, 0.25) is 0 Å². The summed E-state index contributed by atoms with van der Waals surface area (Å²) < 4.78 is 5.46. The summed E-state index contributed by atoms with van der Waals surface area (Å²) in [6, 6.07) is -0.00522. The lowest BCUT2D eigenvalue weighted by Gasteiger charge is -2.23. The molecule has 0 heterocycles. The summed E-state index contributed by atoms with van der Waals surface area (Å²) in [5, 5.41) is 0. The van der Waals surface area contributed by atoms with E-state index in [0.29, 0.717) is 5.92 Å². The molecule has 3 atom stereocenters. The predicted octanol–water partition coefficient (Wildman–Crippen LogP) is 2.48. The van der Waals surface area contributed by atoms with Crippen molar-refractivity contribution < 1.29 is 9.53 Å². The molecule has 1 saturated carbocycles. The van der Waals surface area contributed by atoms with Crippen LogP contribution in [0.25, 0.3) is 0 Å². The van der Waals surface area contributed by atoms with Gasteiger partial charge in [0.15, 0.2) is 0 Å². The zero-order valence-corrected chi connectivity index (χ0v) is 10.7. The summed E-state index contributed by atoms with van der Waals surface area (Å²) in [4.78, 5) is 12.0. The first-order valence-electron chi connectivity index (χ1n) is 6.48. The molecule has 0 aromatic carbocycles. The molecule has 0 amide bonds. The molecule has 0 radical (unpaired) electrons. The van der Waals surface area contributed by atoms with Gasteiger partial charge in [-0.15, -0.1) is 0 Å². The van der Waals surface area contributed by atoms with Gasteiger partial charge in [0.05, 0.1) is 5.92 Å². The Kier molecular flexibility index (Phi) is 5.26. The van der Waals surface area contributed by atoms with Crippen molar-refractivity contribution in [3.63, 3.8) is 0 Å². The van der Waals surface area contributed by atoms with Crippen molar-refractivity contribution >= 4 is 5.97 Å². The molecule has 1 aliphatic rings. The number of hydrogen-bond acceptors (Lipinski definition) is 3. The van der Waals surface area contributed by atoms with Crippen molar-refractivity contribution in [2.45, 2.75) is 65.0 Å². The molecule has 0 bridgehead atoms. The molecular weight excluding hydrogens is 202 g/mol. The van der Waals surface area contributed by atoms with E-state index in [0.717, 1.165) is 25.7 Å². The minimum absolute atomic E-state index is 0.00522. The average molecular weight is 227 g/mol. The van der Waals surface area contributed by atoms with Crippen LogP contribution < -0.4 is 5.73 Å². The van der Waals surface area contributed by atoms with Gasteiger partial charge in [0, 0.05) is 6.04 Å². The molecule has 3 nitrogen and oxygen atoms in total. The van der Waals surface area contributed by atoms with Crippen molar-refractivity contribution in [3.05, 3.63) is 0 Å². The highest BCUT2D eigenvalue weighted by Crippen LogP contribution is 2.24. The predicted molar refractivity (Wildman–Crippen MR) is 64.9 cm³/mol. The second-order valence-electron chi connectivity index (χ2n) is 5.29. The van der Waals surface area contributed by atoms with Gasteiger partial charge in [-0.3, -0.25) is 4.79 Å². The third-order valence-electron chi connectivity index (χ3n) is 3.61. The molecule has 3 unspecified atom stereocenters. The molecule has 3 heteroatoms. The van der Waals surface area contributed by atoms with E-state index in [9.17, 15) is 4.79 Å². The van der Waals surface area contributed by atoms with E-state index in [2.05, 4.69) is 13.8 Å². The molecule has 2 N–H and O–H groups in total. The molecule has 0 aromatic heterocycles. The Balaban J connectivity index is 2.50. The molecule has 1 aliphatic carbocycles. The Labute approximate surface area is 98.7 Å². The molecule has 0 aromatic rings. The van der Waals surface area contributed by atoms with Crippen LogP contribution in [0.2, 0.25) is 0 Å². The Hall–Kier alpha value is -0.570. The van der Waals surface area contributed by atoms with E-state index in [1.54, 1.807) is 0 Å². The normalized spacial score (nSPS) is 28.6. The molecule has 0 saturated heterocycles. The molecule has 0 spiro atoms. The molecule has 1 rings (SSSR count). The number of carbonyl (C=O) groups is 1. The van der Waals surface area contributed by atoms with E-state index in [4.69, 9.17) is 10.5 Å². The zero-order valence-electron chi connectivity index (χ0n) is 10.7. The van der Waals surface area contributed by atoms with Crippen molar-refractivity contribution in [2.24, 2.45) is 17.6 Å². The van der Waals surface area contributed by atoms with Crippen LogP contribution in [0.1, 0.15) is 52.9 Å². The third-order valence-corrected chi connectivity index (χ3v) is 3.61. The number of carbonyl (C=O) groups excluding carboxylic acids is 1. The SMILES string of the molecule is CC(C)C(C)OC(=O)C1CCCCCC1N. The van der Waals surface area contributed by atoms with Crippen molar-refractivity contribution in [1.29, 1.82) is 0 Å². The number of hydrogen-bond donors (Lipinski definition) is 1. The van der Waals surface area contributed by atoms with Crippen molar-refractivity contribution in [2.75, 3.05) is 0 Å². The number of esters is 1. The quantitative estimate of drug-likeness (QED) is 0.595. The summed E-state index contributed by atoms with van der Waals surface area (Å²) in [6.45, 7) is 6.07. The van der Waals surface area contributed by atoms with Crippen molar-refractivity contribution in [3.8, 4) is 0 Å². The van der Waals surface area contributed by atoms with Gasteiger partial charge in [-0.25, -0.2) is 0 Å². The van der Waals surface area contributed by atoms with Gasteiger partial charge >= 0.3 is 5.97 Å². The molecule has 1 fully saturated rings. The summed E-state index contributed by atoms with van der Waals surface area (Å²) in [5.74, 6) is 0.199. The first kappa shape index (κ1) is 13.5. The van der Waals surface area contributed by atoms with Crippen LogP contribution in [0.15, 0.2) is 0 Å². The Morgan fingerprint density at radius 2 is 1.81 bits per heavy atom. The topological polar surface area (TPSA) is 52.3 Å². The summed E-state index contributed by atoms with van der Waals surface area (Å²) >= 11 is 0. The van der Waals surface area contributed by atoms with Crippen LogP contribution in [-0.4, -0.2) is 18.1 Å². The van der Waals surface area contributed by atoms with Crippen LogP contribution in [0, 0.1) is 11.8 Å². The van der Waals surface area contributed by atoms with Crippen LogP contribution >= 0.6 is 0 Å². The number of nitrogens with two attached hydrogens (primary N) is 1. The van der Waals surface area contributed by atoms with Crippen LogP contribution in [0.4, 0.5) is 0 Å². The monoisotopic (exact) mass is 227 g/mol. The minimum atomic E-state index is -0.0874. The lowest BCUT2D eigenvalue weighted by molar-refractivity contribution is -0.156. The fourth-order valence-electron chi connectivity index (χ4n) is 2.04. The maximum absolute atomic E-state index is 12.0. The van der Waals surface area contributed by atoms with E-state index in [-0.39, 0.29) is 24.0 Å². The highest BCUT2D eigenvalue weighted by Gasteiger charge is 2.29. The number of rotatable bonds is 3. The zero-order chi connectivity index (χ0) is 12.1. The number of ether oxygens (including phenoxy) is 1. The Morgan fingerprint density at radius 1 is 1.19 bits per heavy atom. The molecule has 94 valence electrons. The summed E-state index contributed by atoms with van der Waals surface area (Å²) in [6.07, 6.45) is 5.27. The largest absolute Gasteiger partial charge is 0.462 e. The van der Waals surface area contributed by atoms with E-state index < -0.39 is 0 Å². The van der Waals surface area contributed by atoms with Crippen molar-refractivity contribution in [1.82, 2.24) is 0 Å². The first-order valence-corrected chi connectivity index (χ1v) is 6.48. The fourth-order valence-corrected chi connectivity index (χ4v) is 2.04. The summed E-state index contributed by atoms with van der Waals surface area (Å²) in [5.41, 5.74) is 6.03. The van der Waals surface area contributed by atoms with E-state index >= 15 is 0 Å². The maximum Gasteiger partial charge on any atom is 0.310 e. The molecule has 0 aliphatic heterocycles. The van der Waals surface area contributed by atoms with Crippen LogP contribution in [0.5, 0.6) is 0 Å². The fraction of sp³-hybridized carbons (Fsp3) is 0.923. The van der Waals surface area contributed by atoms with Crippen LogP contribution in [-0.2, 0) is 9.53 Å². The van der Waals surface area contributed by atoms with Gasteiger partial charge in [-0.05, 0) is 25.7 Å². The van der Waals surface area contributed by atoms with Gasteiger partial charge in [-0.2, -0.15) is 0 Å². The molecular formula is C13H25NO2. The Morgan fingerprint density at radius 3 is 2.44 bits per heavy atom. The lowest BCUT2D eigenvalue weighted by Crippen LogP contribution is -2.37. The smallest absolute Gasteiger partial charge is 0.310 e. The van der Waals surface area contributed by atoms with Gasteiger partial charge in [0.25, 0.3) is 0 Å². The highest BCUT2D eigenvalue weighted by atomic mass is 16.5. The van der Waals surface area contributed by atoms with Gasteiger partial charge in [0.1, 0.15) is 6.10 Å². The van der Waals surface area contributed by atoms with Gasteiger partial charge in [-0.1, -0.05) is 33.1 Å². The second kappa shape index (κ2) is 6.24. The second-order valence-corrected chi connectivity index (χ2v) is 5.29. The Bertz CT molecular complexity index is 228. The summed E-state index contributed by atoms with van der Waals surface area (Å²) in [7, 11) is 0. The average Bonchev–Trinajstić information content (AvgIpc) is 2.42. The van der Waals surface area contributed by atoms with Crippen LogP contribution in [0.3, 0.4) is 0 Å². The van der Waals surface area contributed by atoms with E-state index in [1.165, 1.54) is 6.42 Å². The van der Waals surface area contributed by atoms with Gasteiger partial charge < -0.3 is 10.5 Å². The lowest BCUT2D eigenvalue weighted by atomic mass is 9.95. The first-order chi connectivity index (χ1) is 7.52. The minimum Gasteiger partial charge on any atom is -0.462 e. The maximum atomic E-state index is 12.0. The van der Waals surface area contributed by atoms with E-state index in [1.807, 2.05) is 6.92 Å².